The van der Waals surface area contributed by atoms with Crippen molar-refractivity contribution in [3.63, 3.8) is 0 Å². The van der Waals surface area contributed by atoms with Gasteiger partial charge in [0.2, 0.25) is 0 Å². The van der Waals surface area contributed by atoms with Crippen LogP contribution in [-0.2, 0) is 16.1 Å². The molecule has 40 heavy (non-hydrogen) atoms. The molecule has 0 spiro atoms. The molecule has 1 aliphatic heterocycles. The highest BCUT2D eigenvalue weighted by molar-refractivity contribution is 5.23. The quantitative estimate of drug-likeness (QED) is 0.360. The Morgan fingerprint density at radius 1 is 0.875 bits per heavy atom. The molecule has 1 heterocycles. The first kappa shape index (κ1) is 30.1. The van der Waals surface area contributed by atoms with Crippen molar-refractivity contribution in [2.75, 3.05) is 0 Å². The largest absolute Gasteiger partial charge is 0.390 e. The van der Waals surface area contributed by atoms with Gasteiger partial charge in [0.25, 0.3) is 0 Å². The molecule has 1 N–H and O–H groups in total. The minimum atomic E-state index is -0.677. The summed E-state index contributed by atoms with van der Waals surface area (Å²) in [5, 5.41) is 11.9. The maximum atomic E-state index is 11.9. The summed E-state index contributed by atoms with van der Waals surface area (Å²) in [5.41, 5.74) is 3.49. The second-order valence-corrected chi connectivity index (χ2v) is 15.5. The molecule has 0 bridgehead atoms. The molecule has 1 aromatic rings. The lowest BCUT2D eigenvalue weighted by atomic mass is 9.55. The van der Waals surface area contributed by atoms with E-state index in [-0.39, 0.29) is 34.6 Å². The van der Waals surface area contributed by atoms with Gasteiger partial charge in [-0.3, -0.25) is 0 Å². The van der Waals surface area contributed by atoms with Gasteiger partial charge in [0.05, 0.1) is 30.0 Å². The third-order valence-corrected chi connectivity index (χ3v) is 12.3. The van der Waals surface area contributed by atoms with Crippen LogP contribution in [0.25, 0.3) is 0 Å². The van der Waals surface area contributed by atoms with E-state index in [9.17, 15) is 5.11 Å². The fourth-order valence-electron chi connectivity index (χ4n) is 9.67. The van der Waals surface area contributed by atoms with Crippen molar-refractivity contribution in [3.05, 3.63) is 59.2 Å². The number of allylic oxidation sites excluding steroid dienone is 4. The van der Waals surface area contributed by atoms with Crippen LogP contribution in [0.1, 0.15) is 112 Å². The second-order valence-electron chi connectivity index (χ2n) is 15.5. The Hall–Kier alpha value is -1.42. The summed E-state index contributed by atoms with van der Waals surface area (Å²) in [7, 11) is 0. The zero-order valence-corrected chi connectivity index (χ0v) is 26.6. The predicted molar refractivity (Wildman–Crippen MR) is 165 cm³/mol. The molecule has 8 atom stereocenters. The number of hydrogen-bond acceptors (Lipinski definition) is 3. The van der Waals surface area contributed by atoms with Crippen molar-refractivity contribution in [2.24, 2.45) is 34.5 Å². The van der Waals surface area contributed by atoms with Crippen molar-refractivity contribution >= 4 is 0 Å². The Morgan fingerprint density at radius 2 is 1.57 bits per heavy atom. The van der Waals surface area contributed by atoms with Crippen molar-refractivity contribution in [2.45, 2.75) is 137 Å². The Kier molecular flexibility index (Phi) is 8.27. The minimum absolute atomic E-state index is 0.0294. The molecule has 222 valence electrons. The monoisotopic (exact) mass is 548 g/mol. The van der Waals surface area contributed by atoms with Gasteiger partial charge in [-0.25, -0.2) is 0 Å². The molecular formula is C37H56O3. The second kappa shape index (κ2) is 11.0. The zero-order chi connectivity index (χ0) is 28.9. The molecule has 0 aromatic heterocycles. The number of hydrogen-bond donors (Lipinski definition) is 1. The Bertz CT molecular complexity index is 1100. The molecule has 1 aromatic carbocycles. The SMILES string of the molecule is CC1=CC[C@H]2[C@@H]1CC=C(C)[C@@H](CC[C@H]1[C@]3(C)CC[C@H](OCc4ccccc4)C(C)(C)O[C@H]3CC[C@@]1(C)O)C2(C)C. The molecule has 3 nitrogen and oxygen atoms in total. The molecule has 0 amide bonds. The van der Waals surface area contributed by atoms with Gasteiger partial charge in [-0.05, 0) is 126 Å². The van der Waals surface area contributed by atoms with Crippen LogP contribution in [0.3, 0.4) is 0 Å². The average Bonchev–Trinajstić information content (AvgIpc) is 3.18. The first-order valence-corrected chi connectivity index (χ1v) is 16.1. The highest BCUT2D eigenvalue weighted by Gasteiger charge is 2.57. The normalized spacial score (nSPS) is 40.7. The first-order valence-electron chi connectivity index (χ1n) is 16.1. The predicted octanol–water partition coefficient (Wildman–Crippen LogP) is 9.05. The van der Waals surface area contributed by atoms with Crippen LogP contribution in [0, 0.1) is 34.5 Å². The number of benzene rings is 1. The van der Waals surface area contributed by atoms with Crippen LogP contribution < -0.4 is 0 Å². The molecule has 1 saturated heterocycles. The van der Waals surface area contributed by atoms with Crippen LogP contribution in [-0.4, -0.2) is 28.5 Å². The smallest absolute Gasteiger partial charge is 0.0891 e. The molecule has 2 fully saturated rings. The summed E-state index contributed by atoms with van der Waals surface area (Å²) in [5.74, 6) is 2.16. The van der Waals surface area contributed by atoms with Gasteiger partial charge in [0.1, 0.15) is 0 Å². The van der Waals surface area contributed by atoms with Crippen LogP contribution in [0.2, 0.25) is 0 Å². The van der Waals surface area contributed by atoms with E-state index in [1.807, 2.05) is 0 Å². The molecule has 4 aliphatic rings. The fourth-order valence-corrected chi connectivity index (χ4v) is 9.67. The van der Waals surface area contributed by atoms with Crippen molar-refractivity contribution in [1.29, 1.82) is 0 Å². The van der Waals surface area contributed by atoms with Gasteiger partial charge < -0.3 is 14.6 Å². The number of rotatable bonds is 6. The van der Waals surface area contributed by atoms with Crippen molar-refractivity contribution in [1.82, 2.24) is 0 Å². The van der Waals surface area contributed by atoms with E-state index in [0.717, 1.165) is 38.5 Å². The van der Waals surface area contributed by atoms with Gasteiger partial charge in [-0.15, -0.1) is 0 Å². The lowest BCUT2D eigenvalue weighted by Crippen LogP contribution is -2.56. The van der Waals surface area contributed by atoms with Crippen molar-refractivity contribution in [3.8, 4) is 0 Å². The van der Waals surface area contributed by atoms with E-state index in [4.69, 9.17) is 9.47 Å². The summed E-state index contributed by atoms with van der Waals surface area (Å²) in [6.45, 7) is 19.3. The van der Waals surface area contributed by atoms with E-state index in [1.165, 1.54) is 18.4 Å². The maximum Gasteiger partial charge on any atom is 0.0891 e. The van der Waals surface area contributed by atoms with E-state index in [1.54, 1.807) is 11.1 Å². The summed E-state index contributed by atoms with van der Waals surface area (Å²) in [6, 6.07) is 10.5. The molecule has 1 saturated carbocycles. The standard InChI is InChI=1S/C37H56O3/c1-25-15-17-30-28(25)16-14-26(2)29(34(30,3)4)18-19-31-36(7)22-20-32(39-24-27-12-10-9-11-13-27)35(5,6)40-33(36)21-23-37(31,8)38/h9-15,28-33,38H,16-24H2,1-8H3/t28-,29-,30+,31+,32+,33+,36+,37-/m1/s1. The van der Waals surface area contributed by atoms with Crippen LogP contribution in [0.4, 0.5) is 0 Å². The molecule has 0 radical (unpaired) electrons. The number of ether oxygens (including phenoxy) is 2. The van der Waals surface area contributed by atoms with E-state index in [0.29, 0.717) is 24.4 Å². The van der Waals surface area contributed by atoms with Crippen molar-refractivity contribution < 1.29 is 14.6 Å². The third kappa shape index (κ3) is 5.52. The Balaban J connectivity index is 1.35. The van der Waals surface area contributed by atoms with Gasteiger partial charge in [0.15, 0.2) is 0 Å². The van der Waals surface area contributed by atoms with Crippen LogP contribution in [0.15, 0.2) is 53.6 Å². The summed E-state index contributed by atoms with van der Waals surface area (Å²) in [4.78, 5) is 0. The lowest BCUT2D eigenvalue weighted by Gasteiger charge is -2.54. The fraction of sp³-hybridized carbons (Fsp3) is 0.730. The average molecular weight is 549 g/mol. The molecule has 5 rings (SSSR count). The summed E-state index contributed by atoms with van der Waals surface area (Å²) >= 11 is 0. The number of fused-ring (bicyclic) bond motifs is 2. The molecular weight excluding hydrogens is 492 g/mol. The molecule has 3 aliphatic carbocycles. The van der Waals surface area contributed by atoms with Crippen LogP contribution >= 0.6 is 0 Å². The zero-order valence-electron chi connectivity index (χ0n) is 26.6. The topological polar surface area (TPSA) is 38.7 Å². The third-order valence-electron chi connectivity index (χ3n) is 12.3. The molecule has 3 heteroatoms. The van der Waals surface area contributed by atoms with E-state index >= 15 is 0 Å². The van der Waals surface area contributed by atoms with E-state index < -0.39 is 5.60 Å². The Morgan fingerprint density at radius 3 is 2.30 bits per heavy atom. The van der Waals surface area contributed by atoms with Crippen LogP contribution in [0.5, 0.6) is 0 Å². The minimum Gasteiger partial charge on any atom is -0.390 e. The van der Waals surface area contributed by atoms with Gasteiger partial charge in [-0.1, -0.05) is 74.4 Å². The van der Waals surface area contributed by atoms with Gasteiger partial charge >= 0.3 is 0 Å². The van der Waals surface area contributed by atoms with Gasteiger partial charge in [0, 0.05) is 0 Å². The lowest BCUT2D eigenvalue weighted by molar-refractivity contribution is -0.212. The van der Waals surface area contributed by atoms with Gasteiger partial charge in [-0.2, -0.15) is 0 Å². The first-order chi connectivity index (χ1) is 18.8. The Labute approximate surface area is 244 Å². The highest BCUT2D eigenvalue weighted by Crippen LogP contribution is 2.58. The summed E-state index contributed by atoms with van der Waals surface area (Å²) < 4.78 is 13.6. The summed E-state index contributed by atoms with van der Waals surface area (Å²) in [6.07, 6.45) is 13.5. The van der Waals surface area contributed by atoms with E-state index in [2.05, 4.69) is 97.9 Å². The maximum absolute atomic E-state index is 11.9. The number of aliphatic hydroxyl groups is 1. The molecule has 0 unspecified atom stereocenters. The highest BCUT2D eigenvalue weighted by atomic mass is 16.6.